The third kappa shape index (κ3) is 7.37. The van der Waals surface area contributed by atoms with Gasteiger partial charge in [0, 0.05) is 22.8 Å². The van der Waals surface area contributed by atoms with Crippen LogP contribution < -0.4 is 14.2 Å². The van der Waals surface area contributed by atoms with Gasteiger partial charge in [-0.05, 0) is 142 Å². The molecule has 12 nitrogen and oxygen atoms in total. The Kier molecular flexibility index (Phi) is 9.96. The number of ether oxygens (including phenoxy) is 3. The fourth-order valence-corrected chi connectivity index (χ4v) is 10.0. The highest BCUT2D eigenvalue weighted by molar-refractivity contribution is 5.73. The van der Waals surface area contributed by atoms with E-state index < -0.39 is 36.1 Å². The fourth-order valence-electron chi connectivity index (χ4n) is 10.0. The summed E-state index contributed by atoms with van der Waals surface area (Å²) in [7, 11) is 0. The normalized spacial score (nSPS) is 20.0. The Morgan fingerprint density at radius 1 is 0.279 bits per heavy atom. The lowest BCUT2D eigenvalue weighted by atomic mass is 9.80. The second kappa shape index (κ2) is 16.2. The molecule has 68 heavy (non-hydrogen) atoms. The maximum atomic E-state index is 12.3. The van der Waals surface area contributed by atoms with E-state index in [1.165, 1.54) is 42.5 Å². The average Bonchev–Trinajstić information content (AvgIpc) is 4.02. The number of hydrogen-bond donors (Lipinski definition) is 9. The molecule has 6 atom stereocenters. The quantitative estimate of drug-likeness (QED) is 0.0652. The van der Waals surface area contributed by atoms with E-state index in [9.17, 15) is 46.0 Å². The van der Waals surface area contributed by atoms with Crippen LogP contribution in [0.25, 0.3) is 12.2 Å². The van der Waals surface area contributed by atoms with Gasteiger partial charge in [-0.2, -0.15) is 0 Å². The van der Waals surface area contributed by atoms with Gasteiger partial charge in [0.15, 0.2) is 0 Å². The minimum absolute atomic E-state index is 0.0396. The second-order valence-electron chi connectivity index (χ2n) is 17.4. The van der Waals surface area contributed by atoms with Crippen LogP contribution in [0, 0.1) is 0 Å². The van der Waals surface area contributed by atoms with Crippen molar-refractivity contribution >= 4 is 12.2 Å². The van der Waals surface area contributed by atoms with Crippen LogP contribution in [-0.4, -0.2) is 46.0 Å². The molecule has 0 radical (unpaired) electrons. The molecule has 3 heterocycles. The van der Waals surface area contributed by atoms with Gasteiger partial charge in [-0.1, -0.05) is 60.7 Å². The lowest BCUT2D eigenvalue weighted by Crippen LogP contribution is -2.12. The first-order chi connectivity index (χ1) is 32.8. The van der Waals surface area contributed by atoms with Gasteiger partial charge in [-0.3, -0.25) is 0 Å². The van der Waals surface area contributed by atoms with Gasteiger partial charge in [0.2, 0.25) is 0 Å². The smallest absolute Gasteiger partial charge is 0.135 e. The van der Waals surface area contributed by atoms with Crippen LogP contribution in [0.1, 0.15) is 97.3 Å². The summed E-state index contributed by atoms with van der Waals surface area (Å²) in [5, 5.41) is 97.7. The molecule has 0 saturated heterocycles. The summed E-state index contributed by atoms with van der Waals surface area (Å²) in [5.41, 5.74) is 6.34. The third-order valence-electron chi connectivity index (χ3n) is 13.1. The van der Waals surface area contributed by atoms with E-state index >= 15 is 0 Å². The zero-order valence-electron chi connectivity index (χ0n) is 35.8. The molecular weight excluding hydrogens is 865 g/mol. The summed E-state index contributed by atoms with van der Waals surface area (Å²) in [6, 6.07) is 40.7. The minimum Gasteiger partial charge on any atom is -0.508 e. The van der Waals surface area contributed by atoms with Crippen LogP contribution in [0.15, 0.2) is 152 Å². The molecule has 3 aliphatic heterocycles. The number of hydrogen-bond acceptors (Lipinski definition) is 12. The Hall–Kier alpha value is -8.90. The molecule has 0 saturated carbocycles. The number of benzene rings is 8. The minimum atomic E-state index is -0.798. The SMILES string of the molecule is Oc1ccc(/C=C/c2cc(O)c3c(c2)O[C@H](c2ccc(O)cc2)[C@H]3c2cc(O)c3c(c2)O[C@H](c2ccc(O)cc2)[C@H]3c2cc(O)c3c(c2)O[C@H](c2ccc(O)cc2)[C@H]3c2cc(O)cc(O)c2)cc1. The van der Waals surface area contributed by atoms with Gasteiger partial charge in [-0.15, -0.1) is 0 Å². The standard InChI is InChI=1S/C56H42O12/c57-36-11-3-28(4-12-36)1-2-29-19-42(63)51-45(20-29)66-55(31-7-15-38(59)16-8-31)49(51)34-23-44(65)53-47(25-34)68-56(32-9-17-39(60)18-10-32)50(53)35-24-43(64)52-46(26-35)67-54(30-5-13-37(58)14-6-30)48(52)33-21-40(61)27-41(62)22-33/h1-27,48-50,54-65H/b2-1+/t48-,49-,50-,54+,55+,56+/m0/s1. The second-order valence-corrected chi connectivity index (χ2v) is 17.4. The van der Waals surface area contributed by atoms with E-state index in [4.69, 9.17) is 14.2 Å². The summed E-state index contributed by atoms with van der Waals surface area (Å²) in [6.45, 7) is 0. The van der Waals surface area contributed by atoms with Gasteiger partial charge in [-0.25, -0.2) is 0 Å². The van der Waals surface area contributed by atoms with Crippen molar-refractivity contribution < 1.29 is 60.2 Å². The Morgan fingerprint density at radius 3 is 1.00 bits per heavy atom. The molecule has 0 aromatic heterocycles. The highest BCUT2D eigenvalue weighted by Gasteiger charge is 2.46. The van der Waals surface area contributed by atoms with E-state index in [2.05, 4.69) is 0 Å². The van der Waals surface area contributed by atoms with Crippen molar-refractivity contribution in [3.63, 3.8) is 0 Å². The number of rotatable bonds is 8. The zero-order valence-corrected chi connectivity index (χ0v) is 35.8. The van der Waals surface area contributed by atoms with Crippen LogP contribution in [0.5, 0.6) is 69.0 Å². The highest BCUT2D eigenvalue weighted by Crippen LogP contribution is 2.61. The van der Waals surface area contributed by atoms with E-state index in [0.717, 1.165) is 5.56 Å². The summed E-state index contributed by atoms with van der Waals surface area (Å²) in [5.74, 6) is -1.48. The molecule has 8 aromatic carbocycles. The molecule has 0 spiro atoms. The first-order valence-corrected chi connectivity index (χ1v) is 21.8. The maximum Gasteiger partial charge on any atom is 0.135 e. The van der Waals surface area contributed by atoms with Crippen molar-refractivity contribution in [2.24, 2.45) is 0 Å². The van der Waals surface area contributed by atoms with Crippen molar-refractivity contribution in [1.29, 1.82) is 0 Å². The molecule has 0 aliphatic carbocycles. The summed E-state index contributed by atoms with van der Waals surface area (Å²) in [4.78, 5) is 0. The largest absolute Gasteiger partial charge is 0.508 e. The number of aromatic hydroxyl groups is 9. The fraction of sp³-hybridized carbons (Fsp3) is 0.107. The van der Waals surface area contributed by atoms with Crippen molar-refractivity contribution in [3.8, 4) is 69.0 Å². The summed E-state index contributed by atoms with van der Waals surface area (Å²) >= 11 is 0. The van der Waals surface area contributed by atoms with Crippen molar-refractivity contribution in [2.45, 2.75) is 36.1 Å². The average molecular weight is 907 g/mol. The van der Waals surface area contributed by atoms with Crippen LogP contribution in [0.2, 0.25) is 0 Å². The monoisotopic (exact) mass is 906 g/mol. The predicted molar refractivity (Wildman–Crippen MR) is 251 cm³/mol. The molecule has 9 N–H and O–H groups in total. The van der Waals surface area contributed by atoms with Gasteiger partial charge < -0.3 is 60.2 Å². The molecule has 8 aromatic rings. The molecule has 12 heteroatoms. The van der Waals surface area contributed by atoms with Crippen LogP contribution in [0.3, 0.4) is 0 Å². The van der Waals surface area contributed by atoms with E-state index in [-0.39, 0.29) is 51.7 Å². The van der Waals surface area contributed by atoms with Crippen molar-refractivity contribution in [2.75, 3.05) is 0 Å². The Labute approximate surface area is 389 Å². The van der Waals surface area contributed by atoms with Gasteiger partial charge in [0.25, 0.3) is 0 Å². The number of phenols is 9. The van der Waals surface area contributed by atoms with Crippen LogP contribution in [0.4, 0.5) is 0 Å². The van der Waals surface area contributed by atoms with E-state index in [1.54, 1.807) is 97.1 Å². The molecule has 3 aliphatic rings. The van der Waals surface area contributed by atoms with E-state index in [0.29, 0.717) is 72.9 Å². The number of fused-ring (bicyclic) bond motifs is 3. The Morgan fingerprint density at radius 2 is 0.603 bits per heavy atom. The lowest BCUT2D eigenvalue weighted by Gasteiger charge is -2.22. The lowest BCUT2D eigenvalue weighted by molar-refractivity contribution is 0.216. The molecule has 11 rings (SSSR count). The topological polar surface area (TPSA) is 210 Å². The van der Waals surface area contributed by atoms with Gasteiger partial charge >= 0.3 is 0 Å². The first-order valence-electron chi connectivity index (χ1n) is 21.8. The first kappa shape index (κ1) is 41.8. The maximum absolute atomic E-state index is 12.3. The zero-order chi connectivity index (χ0) is 47.0. The van der Waals surface area contributed by atoms with Crippen molar-refractivity contribution in [1.82, 2.24) is 0 Å². The Balaban J connectivity index is 1.03. The molecule has 338 valence electrons. The van der Waals surface area contributed by atoms with E-state index in [1.807, 2.05) is 24.3 Å². The molecule has 0 fully saturated rings. The number of phenolic OH excluding ortho intramolecular Hbond substituents is 9. The van der Waals surface area contributed by atoms with Gasteiger partial charge in [0.1, 0.15) is 87.3 Å². The van der Waals surface area contributed by atoms with Crippen molar-refractivity contribution in [3.05, 3.63) is 213 Å². The highest BCUT2D eigenvalue weighted by atomic mass is 16.5. The van der Waals surface area contributed by atoms with Crippen LogP contribution >= 0.6 is 0 Å². The third-order valence-corrected chi connectivity index (χ3v) is 13.1. The molecule has 0 bridgehead atoms. The predicted octanol–water partition coefficient (Wildman–Crippen LogP) is 11.0. The summed E-state index contributed by atoms with van der Waals surface area (Å²) < 4.78 is 20.2. The van der Waals surface area contributed by atoms with Crippen LogP contribution in [-0.2, 0) is 0 Å². The molecule has 0 unspecified atom stereocenters. The Bertz CT molecular complexity index is 3250. The molecular formula is C56H42O12. The summed E-state index contributed by atoms with van der Waals surface area (Å²) in [6.07, 6.45) is 1.40. The molecule has 0 amide bonds. The van der Waals surface area contributed by atoms with Gasteiger partial charge in [0.05, 0.1) is 17.8 Å².